The maximum atomic E-state index is 6.20. The number of hydrogen-bond donors (Lipinski definition) is 1. The third kappa shape index (κ3) is 2.99. The molecule has 1 unspecified atom stereocenters. The Morgan fingerprint density at radius 2 is 2.05 bits per heavy atom. The van der Waals surface area contributed by atoms with Gasteiger partial charge in [0.1, 0.15) is 5.76 Å². The van der Waals surface area contributed by atoms with Crippen LogP contribution < -0.4 is 5.32 Å². The van der Waals surface area contributed by atoms with Gasteiger partial charge in [0.05, 0.1) is 11.1 Å². The number of fused-ring (bicyclic) bond motifs is 1. The highest BCUT2D eigenvalue weighted by Gasteiger charge is 2.20. The van der Waals surface area contributed by atoms with Crippen molar-refractivity contribution in [1.82, 2.24) is 5.32 Å². The molecule has 0 saturated heterocycles. The number of nitrogens with one attached hydrogen (secondary N) is 1. The van der Waals surface area contributed by atoms with Gasteiger partial charge in [-0.25, -0.2) is 0 Å². The molecule has 0 aliphatic carbocycles. The molecule has 0 aliphatic heterocycles. The number of rotatable bonds is 3. The van der Waals surface area contributed by atoms with Crippen LogP contribution in [0.4, 0.5) is 0 Å². The molecule has 108 valence electrons. The fraction of sp³-hybridized carbons (Fsp3) is 0.125. The molecule has 1 atom stereocenters. The van der Waals surface area contributed by atoms with Crippen molar-refractivity contribution in [3.8, 4) is 0 Å². The van der Waals surface area contributed by atoms with Gasteiger partial charge in [0.2, 0.25) is 0 Å². The van der Waals surface area contributed by atoms with E-state index in [1.54, 1.807) is 0 Å². The van der Waals surface area contributed by atoms with Gasteiger partial charge in [0.15, 0.2) is 5.58 Å². The lowest BCUT2D eigenvalue weighted by molar-refractivity contribution is 0.491. The first-order valence-corrected chi connectivity index (χ1v) is 8.65. The maximum absolute atomic E-state index is 6.20. The van der Waals surface area contributed by atoms with Crippen molar-refractivity contribution in [2.24, 2.45) is 0 Å². The van der Waals surface area contributed by atoms with Gasteiger partial charge in [-0.15, -0.1) is 0 Å². The number of furan rings is 1. The second-order valence-corrected chi connectivity index (χ2v) is 7.20. The van der Waals surface area contributed by atoms with E-state index in [1.807, 2.05) is 31.3 Å². The van der Waals surface area contributed by atoms with Crippen molar-refractivity contribution in [3.63, 3.8) is 0 Å². The van der Waals surface area contributed by atoms with E-state index < -0.39 is 0 Å². The predicted octanol–water partition coefficient (Wildman–Crippen LogP) is 5.76. The van der Waals surface area contributed by atoms with E-state index >= 15 is 0 Å². The summed E-state index contributed by atoms with van der Waals surface area (Å²) in [5, 5.41) is 4.96. The minimum absolute atomic E-state index is 0.0300. The average Bonchev–Trinajstić information content (AvgIpc) is 2.89. The van der Waals surface area contributed by atoms with Crippen LogP contribution in [0.25, 0.3) is 11.0 Å². The van der Waals surface area contributed by atoms with Crippen molar-refractivity contribution in [2.75, 3.05) is 7.05 Å². The molecule has 21 heavy (non-hydrogen) atoms. The first kappa shape index (κ1) is 15.3. The largest absolute Gasteiger partial charge is 0.457 e. The number of halogens is 3. The van der Waals surface area contributed by atoms with Crippen molar-refractivity contribution in [2.45, 2.75) is 6.04 Å². The first-order chi connectivity index (χ1) is 10.1. The molecule has 2 nitrogen and oxygen atoms in total. The van der Waals surface area contributed by atoms with Crippen molar-refractivity contribution >= 4 is 61.1 Å². The SMILES string of the molecule is CNC(c1cc2cccc(Cl)c2o1)c1cc(I)ccc1Br. The molecule has 1 N–H and O–H groups in total. The van der Waals surface area contributed by atoms with Crippen LogP contribution in [0.1, 0.15) is 17.4 Å². The van der Waals surface area contributed by atoms with E-state index in [-0.39, 0.29) is 6.04 Å². The van der Waals surface area contributed by atoms with Crippen LogP contribution in [0.2, 0.25) is 5.02 Å². The number of benzene rings is 2. The first-order valence-electron chi connectivity index (χ1n) is 6.40. The Morgan fingerprint density at radius 3 is 2.76 bits per heavy atom. The zero-order valence-corrected chi connectivity index (χ0v) is 15.7. The molecule has 0 radical (unpaired) electrons. The molecule has 3 aromatic rings. The highest BCUT2D eigenvalue weighted by molar-refractivity contribution is 14.1. The Bertz CT molecular complexity index is 802. The Labute approximate surface area is 150 Å². The molecule has 2 aromatic carbocycles. The molecular formula is C16H12BrClINO. The highest BCUT2D eigenvalue weighted by atomic mass is 127. The Morgan fingerprint density at radius 1 is 1.24 bits per heavy atom. The van der Waals surface area contributed by atoms with Gasteiger partial charge >= 0.3 is 0 Å². The van der Waals surface area contributed by atoms with Crippen LogP contribution in [0.15, 0.2) is 51.4 Å². The van der Waals surface area contributed by atoms with E-state index in [0.29, 0.717) is 5.02 Å². The Balaban J connectivity index is 2.13. The van der Waals surface area contributed by atoms with Gasteiger partial charge in [0, 0.05) is 13.4 Å². The summed E-state index contributed by atoms with van der Waals surface area (Å²) in [4.78, 5) is 0. The summed E-state index contributed by atoms with van der Waals surface area (Å²) in [5.41, 5.74) is 1.87. The molecule has 0 spiro atoms. The topological polar surface area (TPSA) is 25.2 Å². The molecule has 0 saturated carbocycles. The molecule has 0 fully saturated rings. The molecular weight excluding hydrogens is 464 g/mol. The summed E-state index contributed by atoms with van der Waals surface area (Å²) >= 11 is 12.1. The summed E-state index contributed by atoms with van der Waals surface area (Å²) in [6, 6.07) is 14.0. The van der Waals surface area contributed by atoms with Gasteiger partial charge in [-0.3, -0.25) is 0 Å². The minimum Gasteiger partial charge on any atom is -0.457 e. The van der Waals surface area contributed by atoms with Crippen LogP contribution >= 0.6 is 50.1 Å². The van der Waals surface area contributed by atoms with E-state index in [1.165, 1.54) is 3.57 Å². The van der Waals surface area contributed by atoms with E-state index in [9.17, 15) is 0 Å². The quantitative estimate of drug-likeness (QED) is 0.486. The average molecular weight is 477 g/mol. The van der Waals surface area contributed by atoms with E-state index in [2.05, 4.69) is 62.0 Å². The van der Waals surface area contributed by atoms with E-state index in [4.69, 9.17) is 16.0 Å². The lowest BCUT2D eigenvalue weighted by Crippen LogP contribution is -2.17. The maximum Gasteiger partial charge on any atom is 0.152 e. The fourth-order valence-electron chi connectivity index (χ4n) is 2.38. The lowest BCUT2D eigenvalue weighted by Gasteiger charge is -2.16. The van der Waals surface area contributed by atoms with Gasteiger partial charge in [-0.2, -0.15) is 0 Å². The molecule has 0 amide bonds. The lowest BCUT2D eigenvalue weighted by atomic mass is 10.0. The zero-order valence-electron chi connectivity index (χ0n) is 11.2. The van der Waals surface area contributed by atoms with Crippen LogP contribution in [0.5, 0.6) is 0 Å². The molecule has 0 bridgehead atoms. The van der Waals surface area contributed by atoms with Crippen LogP contribution in [0, 0.1) is 3.57 Å². The number of hydrogen-bond acceptors (Lipinski definition) is 2. The van der Waals surface area contributed by atoms with Gasteiger partial charge in [-0.05, 0) is 65.5 Å². The number of para-hydroxylation sites is 1. The second kappa shape index (κ2) is 6.28. The van der Waals surface area contributed by atoms with Gasteiger partial charge in [-0.1, -0.05) is 39.7 Å². The summed E-state index contributed by atoms with van der Waals surface area (Å²) in [6.45, 7) is 0. The summed E-state index contributed by atoms with van der Waals surface area (Å²) < 4.78 is 8.21. The van der Waals surface area contributed by atoms with Gasteiger partial charge < -0.3 is 9.73 Å². The summed E-state index contributed by atoms with van der Waals surface area (Å²) in [5.74, 6) is 0.850. The molecule has 3 rings (SSSR count). The fourth-order valence-corrected chi connectivity index (χ4v) is 3.59. The molecule has 0 aliphatic rings. The third-order valence-corrected chi connectivity index (χ3v) is 5.05. The standard InChI is InChI=1S/C16H12BrClINO/c1-20-15(11-8-10(19)5-6-12(11)17)14-7-9-3-2-4-13(18)16(9)21-14/h2-8,15,20H,1H3. The molecule has 5 heteroatoms. The molecule has 1 aromatic heterocycles. The van der Waals surface area contributed by atoms with Crippen LogP contribution in [-0.2, 0) is 0 Å². The summed E-state index contributed by atoms with van der Waals surface area (Å²) in [6.07, 6.45) is 0. The van der Waals surface area contributed by atoms with Crippen molar-refractivity contribution in [3.05, 3.63) is 66.9 Å². The summed E-state index contributed by atoms with van der Waals surface area (Å²) in [7, 11) is 1.92. The predicted molar refractivity (Wildman–Crippen MR) is 99.0 cm³/mol. The smallest absolute Gasteiger partial charge is 0.152 e. The Hall–Kier alpha value is -0.560. The minimum atomic E-state index is -0.0300. The monoisotopic (exact) mass is 475 g/mol. The van der Waals surface area contributed by atoms with Crippen molar-refractivity contribution < 1.29 is 4.42 Å². The zero-order chi connectivity index (χ0) is 15.0. The normalized spacial score (nSPS) is 12.8. The highest BCUT2D eigenvalue weighted by Crippen LogP contribution is 2.34. The van der Waals surface area contributed by atoms with E-state index in [0.717, 1.165) is 26.8 Å². The second-order valence-electron chi connectivity index (χ2n) is 4.69. The van der Waals surface area contributed by atoms with Crippen LogP contribution in [-0.4, -0.2) is 7.05 Å². The van der Waals surface area contributed by atoms with Gasteiger partial charge in [0.25, 0.3) is 0 Å². The third-order valence-electron chi connectivity index (χ3n) is 3.36. The molecule has 1 heterocycles. The Kier molecular flexibility index (Phi) is 4.59. The van der Waals surface area contributed by atoms with Crippen LogP contribution in [0.3, 0.4) is 0 Å². The van der Waals surface area contributed by atoms with Crippen molar-refractivity contribution in [1.29, 1.82) is 0 Å².